The van der Waals surface area contributed by atoms with Crippen molar-refractivity contribution in [3.63, 3.8) is 0 Å². The van der Waals surface area contributed by atoms with Crippen molar-refractivity contribution in [2.75, 3.05) is 0 Å². The third-order valence-electron chi connectivity index (χ3n) is 7.75. The lowest BCUT2D eigenvalue weighted by Crippen LogP contribution is -2.35. The van der Waals surface area contributed by atoms with Gasteiger partial charge in [-0.05, 0) is 63.6 Å². The Labute approximate surface area is 216 Å². The van der Waals surface area contributed by atoms with E-state index >= 15 is 0 Å². The number of hydrogen-bond donors (Lipinski definition) is 1. The van der Waals surface area contributed by atoms with E-state index in [1.165, 1.54) is 3.97 Å². The molecule has 6 rings (SSSR count). The first kappa shape index (κ1) is 24.5. The number of benzene rings is 1. The number of nitrogens with one attached hydrogen (secondary N) is 1. The van der Waals surface area contributed by atoms with Gasteiger partial charge in [0, 0.05) is 17.7 Å². The zero-order valence-corrected chi connectivity index (χ0v) is 22.6. The SMILES string of the molecule is CC[C@@H]1C[C@H](NS(=O)(=O)C2CC2)C[C@@H]1c1nnc2cnc3c(cc(C)n3S(=O)(=O)c3ccc(C)cc3)n12. The van der Waals surface area contributed by atoms with Crippen LogP contribution in [0.1, 0.15) is 62.0 Å². The van der Waals surface area contributed by atoms with Crippen molar-refractivity contribution in [3.8, 4) is 0 Å². The van der Waals surface area contributed by atoms with E-state index < -0.39 is 20.0 Å². The summed E-state index contributed by atoms with van der Waals surface area (Å²) in [7, 11) is -7.17. The summed E-state index contributed by atoms with van der Waals surface area (Å²) in [6, 6.07) is 8.40. The van der Waals surface area contributed by atoms with Crippen LogP contribution in [0.15, 0.2) is 41.4 Å². The summed E-state index contributed by atoms with van der Waals surface area (Å²) in [5.41, 5.74) is 2.96. The molecular formula is C25H30N6O4S2. The molecule has 1 N–H and O–H groups in total. The number of rotatable bonds is 7. The van der Waals surface area contributed by atoms with E-state index in [0.717, 1.165) is 31.2 Å². The van der Waals surface area contributed by atoms with E-state index in [1.807, 2.05) is 11.3 Å². The van der Waals surface area contributed by atoms with Crippen molar-refractivity contribution in [3.05, 3.63) is 53.6 Å². The molecule has 2 aliphatic carbocycles. The molecule has 2 saturated carbocycles. The summed E-state index contributed by atoms with van der Waals surface area (Å²) >= 11 is 0. The number of hydrogen-bond acceptors (Lipinski definition) is 7. The quantitative estimate of drug-likeness (QED) is 0.379. The van der Waals surface area contributed by atoms with E-state index in [0.29, 0.717) is 34.8 Å². The van der Waals surface area contributed by atoms with Gasteiger partial charge in [-0.15, -0.1) is 10.2 Å². The molecule has 0 saturated heterocycles. The minimum absolute atomic E-state index is 0.0186. The van der Waals surface area contributed by atoms with Gasteiger partial charge in [0.05, 0.1) is 21.9 Å². The first-order valence-corrected chi connectivity index (χ1v) is 15.6. The third kappa shape index (κ3) is 4.05. The second kappa shape index (κ2) is 8.60. The molecule has 37 heavy (non-hydrogen) atoms. The van der Waals surface area contributed by atoms with Gasteiger partial charge in [0.25, 0.3) is 10.0 Å². The molecule has 3 atom stereocenters. The predicted molar refractivity (Wildman–Crippen MR) is 139 cm³/mol. The predicted octanol–water partition coefficient (Wildman–Crippen LogP) is 3.29. The van der Waals surface area contributed by atoms with Crippen molar-refractivity contribution in [1.29, 1.82) is 0 Å². The number of aryl methyl sites for hydroxylation is 2. The Kier molecular flexibility index (Phi) is 5.70. The van der Waals surface area contributed by atoms with Crippen molar-refractivity contribution in [2.24, 2.45) is 5.92 Å². The standard InChI is InChI=1S/C25H30N6O4S2/c1-4-17-12-18(29-36(32,33)19-9-10-19)13-21(17)24-28-27-23-14-26-25-22(30(23)24)11-16(3)31(25)37(34,35)20-7-5-15(2)6-8-20/h5-8,11,14,17-19,21,29H,4,9-10,12-13H2,1-3H3/t17-,18+,21+/m1/s1. The van der Waals surface area contributed by atoms with Gasteiger partial charge in [0.2, 0.25) is 10.0 Å². The second-order valence-corrected chi connectivity index (χ2v) is 14.2. The van der Waals surface area contributed by atoms with Gasteiger partial charge in [-0.2, -0.15) is 0 Å². The van der Waals surface area contributed by atoms with Crippen LogP contribution >= 0.6 is 0 Å². The van der Waals surface area contributed by atoms with E-state index in [2.05, 4.69) is 26.8 Å². The fourth-order valence-electron chi connectivity index (χ4n) is 5.69. The van der Waals surface area contributed by atoms with Crippen molar-refractivity contribution >= 4 is 36.9 Å². The number of fused-ring (bicyclic) bond motifs is 3. The maximum absolute atomic E-state index is 13.6. The Morgan fingerprint density at radius 2 is 1.76 bits per heavy atom. The van der Waals surface area contributed by atoms with Gasteiger partial charge >= 0.3 is 0 Å². The van der Waals surface area contributed by atoms with E-state index in [4.69, 9.17) is 0 Å². The molecule has 0 bridgehead atoms. The van der Waals surface area contributed by atoms with Crippen LogP contribution in [0.25, 0.3) is 16.8 Å². The molecule has 12 heteroatoms. The first-order chi connectivity index (χ1) is 17.6. The lowest BCUT2D eigenvalue weighted by molar-refractivity contribution is 0.449. The molecule has 0 unspecified atom stereocenters. The summed E-state index contributed by atoms with van der Waals surface area (Å²) in [6.07, 6.45) is 5.23. The van der Waals surface area contributed by atoms with Crippen LogP contribution in [-0.2, 0) is 20.0 Å². The van der Waals surface area contributed by atoms with Crippen LogP contribution in [-0.4, -0.2) is 51.7 Å². The molecule has 4 aromatic rings. The summed E-state index contributed by atoms with van der Waals surface area (Å²) in [5, 5.41) is 8.59. The normalized spacial score (nSPS) is 22.8. The molecule has 0 spiro atoms. The summed E-state index contributed by atoms with van der Waals surface area (Å²) in [4.78, 5) is 4.67. The molecular weight excluding hydrogens is 512 g/mol. The Balaban J connectivity index is 1.44. The van der Waals surface area contributed by atoms with E-state index in [9.17, 15) is 16.8 Å². The first-order valence-electron chi connectivity index (χ1n) is 12.7. The van der Waals surface area contributed by atoms with Crippen LogP contribution in [0.2, 0.25) is 0 Å². The Hall–Kier alpha value is -2.83. The van der Waals surface area contributed by atoms with Crippen LogP contribution < -0.4 is 4.72 Å². The fourth-order valence-corrected chi connectivity index (χ4v) is 8.79. The number of aromatic nitrogens is 5. The smallest absolute Gasteiger partial charge is 0.269 e. The topological polar surface area (TPSA) is 128 Å². The molecule has 2 fully saturated rings. The number of nitrogens with zero attached hydrogens (tertiary/aromatic N) is 5. The Morgan fingerprint density at radius 3 is 2.43 bits per heavy atom. The molecule has 0 radical (unpaired) electrons. The largest absolute Gasteiger partial charge is 0.274 e. The average molecular weight is 543 g/mol. The summed E-state index contributed by atoms with van der Waals surface area (Å²) < 4.78 is 58.5. The van der Waals surface area contributed by atoms with Crippen molar-refractivity contribution < 1.29 is 16.8 Å². The van der Waals surface area contributed by atoms with Gasteiger partial charge in [-0.3, -0.25) is 4.40 Å². The summed E-state index contributed by atoms with van der Waals surface area (Å²) in [5.74, 6) is 0.920. The van der Waals surface area contributed by atoms with Gasteiger partial charge in [-0.25, -0.2) is 30.5 Å². The zero-order chi connectivity index (χ0) is 26.1. The van der Waals surface area contributed by atoms with Gasteiger partial charge in [-0.1, -0.05) is 31.0 Å². The molecule has 0 amide bonds. The minimum Gasteiger partial charge on any atom is -0.274 e. The maximum Gasteiger partial charge on any atom is 0.269 e. The number of sulfonamides is 1. The zero-order valence-electron chi connectivity index (χ0n) is 21.0. The monoisotopic (exact) mass is 542 g/mol. The molecule has 1 aromatic carbocycles. The maximum atomic E-state index is 13.6. The van der Waals surface area contributed by atoms with Gasteiger partial charge < -0.3 is 0 Å². The highest BCUT2D eigenvalue weighted by Crippen LogP contribution is 2.42. The molecule has 3 heterocycles. The second-order valence-electron chi connectivity index (χ2n) is 10.4. The van der Waals surface area contributed by atoms with Crippen LogP contribution in [0.3, 0.4) is 0 Å². The van der Waals surface area contributed by atoms with Crippen LogP contribution in [0, 0.1) is 19.8 Å². The van der Waals surface area contributed by atoms with Crippen molar-refractivity contribution in [2.45, 2.75) is 75.0 Å². The lowest BCUT2D eigenvalue weighted by Gasteiger charge is -2.16. The highest BCUT2D eigenvalue weighted by molar-refractivity contribution is 7.90. The molecule has 196 valence electrons. The highest BCUT2D eigenvalue weighted by Gasteiger charge is 2.42. The highest BCUT2D eigenvalue weighted by atomic mass is 32.2. The third-order valence-corrected chi connectivity index (χ3v) is 11.6. The lowest BCUT2D eigenvalue weighted by atomic mass is 9.93. The Bertz CT molecular complexity index is 1720. The van der Waals surface area contributed by atoms with Crippen molar-refractivity contribution in [1.82, 2.24) is 28.3 Å². The van der Waals surface area contributed by atoms with Crippen LogP contribution in [0.4, 0.5) is 0 Å². The van der Waals surface area contributed by atoms with Gasteiger partial charge in [0.15, 0.2) is 11.3 Å². The van der Waals surface area contributed by atoms with E-state index in [-0.39, 0.29) is 28.0 Å². The van der Waals surface area contributed by atoms with Gasteiger partial charge in [0.1, 0.15) is 5.82 Å². The summed E-state index contributed by atoms with van der Waals surface area (Å²) in [6.45, 7) is 5.76. The molecule has 3 aromatic heterocycles. The van der Waals surface area contributed by atoms with Crippen LogP contribution in [0.5, 0.6) is 0 Å². The molecule has 0 aliphatic heterocycles. The average Bonchev–Trinajstić information content (AvgIpc) is 3.39. The van der Waals surface area contributed by atoms with E-state index in [1.54, 1.807) is 43.5 Å². The fraction of sp³-hybridized carbons (Fsp3) is 0.480. The molecule has 10 nitrogen and oxygen atoms in total. The molecule has 2 aliphatic rings. The minimum atomic E-state index is -3.88. The Morgan fingerprint density at radius 1 is 1.03 bits per heavy atom.